The molecule has 6 heteroatoms. The number of carbonyl (C=O) groups excluding carboxylic acids is 1. The molecular weight excluding hydrogens is 211 g/mol. The second-order valence-corrected chi connectivity index (χ2v) is 3.22. The van der Waals surface area contributed by atoms with Crippen LogP contribution in [-0.4, -0.2) is 24.6 Å². The molecule has 0 saturated carbocycles. The van der Waals surface area contributed by atoms with E-state index in [1.54, 1.807) is 0 Å². The molecule has 0 radical (unpaired) electrons. The molecule has 0 aromatic heterocycles. The largest absolute Gasteiger partial charge is 0.497 e. The van der Waals surface area contributed by atoms with Crippen LogP contribution in [0.1, 0.15) is 6.42 Å². The number of hydrogen-bond donors (Lipinski definition) is 1. The summed E-state index contributed by atoms with van der Waals surface area (Å²) in [5.74, 6) is -1.55. The second kappa shape index (κ2) is 3.69. The third-order valence-corrected chi connectivity index (χ3v) is 2.10. The standard InChI is InChI=1S/C9H10F3NO2/c1-15-6-2-4-8(13,5-3-6)7(14)9(10,11)12/h2-4H,5,13H2,1H3. The fourth-order valence-electron chi connectivity index (χ4n) is 1.22. The lowest BCUT2D eigenvalue weighted by molar-refractivity contribution is -0.175. The summed E-state index contributed by atoms with van der Waals surface area (Å²) in [7, 11) is 1.38. The van der Waals surface area contributed by atoms with Gasteiger partial charge in [-0.3, -0.25) is 4.79 Å². The Labute approximate surface area is 84.4 Å². The highest BCUT2D eigenvalue weighted by atomic mass is 19.4. The van der Waals surface area contributed by atoms with Crippen molar-refractivity contribution in [1.82, 2.24) is 0 Å². The minimum atomic E-state index is -4.92. The normalized spacial score (nSPS) is 26.1. The van der Waals surface area contributed by atoms with Crippen molar-refractivity contribution in [3.63, 3.8) is 0 Å². The fourth-order valence-corrected chi connectivity index (χ4v) is 1.22. The summed E-state index contributed by atoms with van der Waals surface area (Å²) in [6.45, 7) is 0. The van der Waals surface area contributed by atoms with E-state index >= 15 is 0 Å². The Morgan fingerprint density at radius 3 is 2.53 bits per heavy atom. The van der Waals surface area contributed by atoms with Crippen LogP contribution in [0.5, 0.6) is 0 Å². The van der Waals surface area contributed by atoms with Crippen LogP contribution in [0.2, 0.25) is 0 Å². The molecule has 15 heavy (non-hydrogen) atoms. The highest BCUT2D eigenvalue weighted by Crippen LogP contribution is 2.28. The molecule has 1 rings (SSSR count). The molecule has 0 saturated heterocycles. The number of allylic oxidation sites excluding steroid dienone is 1. The number of ketones is 1. The molecule has 3 nitrogen and oxygen atoms in total. The maximum absolute atomic E-state index is 12.1. The topological polar surface area (TPSA) is 52.3 Å². The zero-order valence-electron chi connectivity index (χ0n) is 7.97. The first-order valence-corrected chi connectivity index (χ1v) is 4.13. The SMILES string of the molecule is COC1=CCC(N)(C(=O)C(F)(F)F)C=C1. The van der Waals surface area contributed by atoms with E-state index in [-0.39, 0.29) is 6.42 Å². The molecule has 84 valence electrons. The van der Waals surface area contributed by atoms with Gasteiger partial charge < -0.3 is 10.5 Å². The van der Waals surface area contributed by atoms with E-state index in [9.17, 15) is 18.0 Å². The molecule has 0 fully saturated rings. The highest BCUT2D eigenvalue weighted by Gasteiger charge is 2.49. The molecule has 1 aliphatic rings. The first-order valence-electron chi connectivity index (χ1n) is 4.13. The van der Waals surface area contributed by atoms with Gasteiger partial charge in [0.05, 0.1) is 7.11 Å². The molecule has 0 amide bonds. The third-order valence-electron chi connectivity index (χ3n) is 2.10. The molecule has 0 spiro atoms. The van der Waals surface area contributed by atoms with Gasteiger partial charge >= 0.3 is 6.18 Å². The fraction of sp³-hybridized carbons (Fsp3) is 0.444. The second-order valence-electron chi connectivity index (χ2n) is 3.22. The van der Waals surface area contributed by atoms with E-state index in [0.29, 0.717) is 5.76 Å². The molecule has 0 aromatic rings. The van der Waals surface area contributed by atoms with Gasteiger partial charge in [0.1, 0.15) is 11.3 Å². The Kier molecular flexibility index (Phi) is 2.90. The molecular formula is C9H10F3NO2. The molecule has 2 N–H and O–H groups in total. The van der Waals surface area contributed by atoms with E-state index in [1.165, 1.54) is 19.3 Å². The van der Waals surface area contributed by atoms with Crippen molar-refractivity contribution in [3.05, 3.63) is 24.0 Å². The lowest BCUT2D eigenvalue weighted by atomic mass is 9.87. The Bertz CT molecular complexity index is 333. The summed E-state index contributed by atoms with van der Waals surface area (Å²) >= 11 is 0. The van der Waals surface area contributed by atoms with Gasteiger partial charge in [-0.25, -0.2) is 0 Å². The van der Waals surface area contributed by atoms with Gasteiger partial charge in [0, 0.05) is 0 Å². The molecule has 1 aliphatic carbocycles. The van der Waals surface area contributed by atoms with Crippen molar-refractivity contribution in [1.29, 1.82) is 0 Å². The van der Waals surface area contributed by atoms with Gasteiger partial charge in [0.2, 0.25) is 0 Å². The zero-order valence-corrected chi connectivity index (χ0v) is 7.97. The lowest BCUT2D eigenvalue weighted by Gasteiger charge is -2.26. The number of Topliss-reactive ketones (excluding diaryl/α,β-unsaturated/α-hetero) is 1. The first-order chi connectivity index (χ1) is 6.79. The number of methoxy groups -OCH3 is 1. The van der Waals surface area contributed by atoms with Gasteiger partial charge in [-0.2, -0.15) is 13.2 Å². The van der Waals surface area contributed by atoms with Crippen LogP contribution >= 0.6 is 0 Å². The molecule has 1 unspecified atom stereocenters. The number of rotatable bonds is 2. The molecule has 0 bridgehead atoms. The summed E-state index contributed by atoms with van der Waals surface area (Å²) in [5.41, 5.74) is 3.35. The quantitative estimate of drug-likeness (QED) is 0.764. The maximum Gasteiger partial charge on any atom is 0.452 e. The van der Waals surface area contributed by atoms with Crippen molar-refractivity contribution in [2.45, 2.75) is 18.1 Å². The van der Waals surface area contributed by atoms with Crippen LogP contribution in [0.4, 0.5) is 13.2 Å². The van der Waals surface area contributed by atoms with Crippen molar-refractivity contribution < 1.29 is 22.7 Å². The van der Waals surface area contributed by atoms with Gasteiger partial charge in [-0.15, -0.1) is 0 Å². The number of alkyl halides is 3. The minimum absolute atomic E-state index is 0.217. The minimum Gasteiger partial charge on any atom is -0.497 e. The monoisotopic (exact) mass is 221 g/mol. The molecule has 0 heterocycles. The Morgan fingerprint density at radius 1 is 1.60 bits per heavy atom. The molecule has 1 atom stereocenters. The Hall–Kier alpha value is -1.30. The van der Waals surface area contributed by atoms with Crippen LogP contribution in [-0.2, 0) is 9.53 Å². The van der Waals surface area contributed by atoms with Crippen molar-refractivity contribution in [2.24, 2.45) is 5.73 Å². The van der Waals surface area contributed by atoms with E-state index in [2.05, 4.69) is 0 Å². The summed E-state index contributed by atoms with van der Waals surface area (Å²) in [4.78, 5) is 11.0. The van der Waals surface area contributed by atoms with E-state index in [0.717, 1.165) is 6.08 Å². The van der Waals surface area contributed by atoms with Gasteiger partial charge in [-0.1, -0.05) is 6.08 Å². The number of carbonyl (C=O) groups is 1. The number of ether oxygens (including phenoxy) is 1. The van der Waals surface area contributed by atoms with Gasteiger partial charge in [0.15, 0.2) is 0 Å². The van der Waals surface area contributed by atoms with Crippen molar-refractivity contribution in [2.75, 3.05) is 7.11 Å². The summed E-state index contributed by atoms with van der Waals surface area (Å²) < 4.78 is 41.2. The van der Waals surface area contributed by atoms with Gasteiger partial charge in [-0.05, 0) is 18.6 Å². The summed E-state index contributed by atoms with van der Waals surface area (Å²) in [5, 5.41) is 0. The van der Waals surface area contributed by atoms with Gasteiger partial charge in [0.25, 0.3) is 5.78 Å². The van der Waals surface area contributed by atoms with Crippen LogP contribution in [0.25, 0.3) is 0 Å². The van der Waals surface area contributed by atoms with E-state index in [1.807, 2.05) is 0 Å². The third kappa shape index (κ3) is 2.38. The van der Waals surface area contributed by atoms with E-state index in [4.69, 9.17) is 10.5 Å². The predicted octanol–water partition coefficient (Wildman–Crippen LogP) is 1.31. The average Bonchev–Trinajstić information content (AvgIpc) is 2.16. The van der Waals surface area contributed by atoms with Crippen LogP contribution in [0.3, 0.4) is 0 Å². The lowest BCUT2D eigenvalue weighted by Crippen LogP contribution is -2.52. The number of nitrogens with two attached hydrogens (primary N) is 1. The van der Waals surface area contributed by atoms with Crippen LogP contribution in [0.15, 0.2) is 24.0 Å². The number of halogens is 3. The number of hydrogen-bond acceptors (Lipinski definition) is 3. The average molecular weight is 221 g/mol. The van der Waals surface area contributed by atoms with Crippen molar-refractivity contribution in [3.8, 4) is 0 Å². The molecule has 0 aromatic carbocycles. The highest BCUT2D eigenvalue weighted by molar-refractivity contribution is 5.95. The maximum atomic E-state index is 12.1. The zero-order chi connectivity index (χ0) is 11.7. The van der Waals surface area contributed by atoms with Crippen LogP contribution in [0, 0.1) is 0 Å². The van der Waals surface area contributed by atoms with Crippen molar-refractivity contribution >= 4 is 5.78 Å². The summed E-state index contributed by atoms with van der Waals surface area (Å²) in [6.07, 6.45) is -1.51. The first kappa shape index (κ1) is 11.8. The van der Waals surface area contributed by atoms with E-state index < -0.39 is 17.5 Å². The van der Waals surface area contributed by atoms with Crippen LogP contribution < -0.4 is 5.73 Å². The smallest absolute Gasteiger partial charge is 0.452 e. The Balaban J connectivity index is 2.86. The Morgan fingerprint density at radius 2 is 2.20 bits per heavy atom. The predicted molar refractivity (Wildman–Crippen MR) is 46.8 cm³/mol. The summed E-state index contributed by atoms with van der Waals surface area (Å²) in [6, 6.07) is 0. The molecule has 0 aliphatic heterocycles.